The molecule has 1 atom stereocenters. The highest BCUT2D eigenvalue weighted by Gasteiger charge is 2.33. The molecule has 9 nitrogen and oxygen atoms in total. The third-order valence-electron chi connectivity index (χ3n) is 5.08. The number of pyridine rings is 1. The van der Waals surface area contributed by atoms with Gasteiger partial charge in [0.05, 0.1) is 11.5 Å². The number of piperazine rings is 1. The van der Waals surface area contributed by atoms with Crippen molar-refractivity contribution in [3.8, 4) is 6.07 Å². The largest absolute Gasteiger partial charge is 0.352 e. The first-order chi connectivity index (χ1) is 12.8. The Balaban J connectivity index is 1.45. The number of aryl methyl sites for hydroxylation is 1. The molecule has 0 aliphatic carbocycles. The molecular weight excluding hydrogens is 332 g/mol. The van der Waals surface area contributed by atoms with E-state index >= 15 is 0 Å². The van der Waals surface area contributed by atoms with Crippen LogP contribution in [0.15, 0.2) is 18.3 Å². The smallest absolute Gasteiger partial charge is 0.233 e. The maximum atomic E-state index is 13.1. The van der Waals surface area contributed by atoms with Crippen molar-refractivity contribution in [1.82, 2.24) is 30.1 Å². The number of nitrogens with zero attached hydrogens (tertiary/aromatic N) is 8. The van der Waals surface area contributed by atoms with E-state index in [-0.39, 0.29) is 11.8 Å². The lowest BCUT2D eigenvalue weighted by Crippen LogP contribution is -2.50. The topological polar surface area (TPSA) is 104 Å². The van der Waals surface area contributed by atoms with Gasteiger partial charge in [0.2, 0.25) is 5.91 Å². The molecule has 0 aromatic carbocycles. The van der Waals surface area contributed by atoms with Crippen LogP contribution < -0.4 is 4.90 Å². The fraction of sp³-hybridized carbons (Fsp3) is 0.529. The van der Waals surface area contributed by atoms with Crippen molar-refractivity contribution < 1.29 is 4.79 Å². The van der Waals surface area contributed by atoms with E-state index in [0.717, 1.165) is 25.8 Å². The number of fused-ring (bicyclic) bond motifs is 1. The average Bonchev–Trinajstić information content (AvgIpc) is 3.07. The maximum Gasteiger partial charge on any atom is 0.233 e. The molecule has 0 radical (unpaired) electrons. The van der Waals surface area contributed by atoms with Gasteiger partial charge in [-0.2, -0.15) is 5.26 Å². The summed E-state index contributed by atoms with van der Waals surface area (Å²) in [5, 5.41) is 21.1. The third-order valence-corrected chi connectivity index (χ3v) is 5.08. The third kappa shape index (κ3) is 2.98. The summed E-state index contributed by atoms with van der Waals surface area (Å²) in [7, 11) is 0. The molecule has 1 amide bonds. The number of aromatic nitrogens is 5. The second-order valence-corrected chi connectivity index (χ2v) is 6.61. The molecule has 0 bridgehead atoms. The number of amides is 1. The number of carbonyl (C=O) groups excluding carboxylic acids is 1. The second-order valence-electron chi connectivity index (χ2n) is 6.61. The van der Waals surface area contributed by atoms with Gasteiger partial charge in [0.1, 0.15) is 11.9 Å². The Kier molecular flexibility index (Phi) is 4.48. The highest BCUT2D eigenvalue weighted by atomic mass is 16.2. The van der Waals surface area contributed by atoms with Crippen LogP contribution in [-0.2, 0) is 11.3 Å². The highest BCUT2D eigenvalue weighted by molar-refractivity contribution is 5.83. The molecule has 0 N–H and O–H groups in total. The van der Waals surface area contributed by atoms with Gasteiger partial charge in [-0.25, -0.2) is 9.67 Å². The molecule has 2 aliphatic heterocycles. The summed E-state index contributed by atoms with van der Waals surface area (Å²) in [6, 6.07) is 5.71. The SMILES string of the molecule is N#Cc1cccnc1N1CCN(C(=O)[C@H]2CCCCn3nnnc32)CC1. The molecule has 26 heavy (non-hydrogen) atoms. The van der Waals surface area contributed by atoms with Crippen LogP contribution in [-0.4, -0.2) is 62.2 Å². The number of tetrazole rings is 1. The van der Waals surface area contributed by atoms with E-state index in [1.54, 1.807) is 23.0 Å². The van der Waals surface area contributed by atoms with E-state index in [4.69, 9.17) is 0 Å². The summed E-state index contributed by atoms with van der Waals surface area (Å²) in [6.07, 6.45) is 4.46. The van der Waals surface area contributed by atoms with E-state index in [2.05, 4.69) is 31.5 Å². The monoisotopic (exact) mass is 352 g/mol. The van der Waals surface area contributed by atoms with Crippen molar-refractivity contribution >= 4 is 11.7 Å². The van der Waals surface area contributed by atoms with Crippen molar-refractivity contribution in [1.29, 1.82) is 5.26 Å². The minimum Gasteiger partial charge on any atom is -0.352 e. The van der Waals surface area contributed by atoms with Gasteiger partial charge in [-0.1, -0.05) is 6.42 Å². The number of anilines is 1. The van der Waals surface area contributed by atoms with E-state index in [1.807, 2.05) is 4.90 Å². The number of rotatable bonds is 2. The molecule has 4 heterocycles. The quantitative estimate of drug-likeness (QED) is 0.777. The summed E-state index contributed by atoms with van der Waals surface area (Å²) in [4.78, 5) is 21.4. The Bertz CT molecular complexity index is 833. The molecule has 1 saturated heterocycles. The average molecular weight is 352 g/mol. The molecule has 1 fully saturated rings. The predicted octanol–water partition coefficient (Wildman–Crippen LogP) is 0.556. The lowest BCUT2D eigenvalue weighted by molar-refractivity contribution is -0.133. The first-order valence-corrected chi connectivity index (χ1v) is 8.93. The minimum atomic E-state index is -0.261. The number of hydrogen-bond donors (Lipinski definition) is 0. The molecule has 2 aromatic rings. The van der Waals surface area contributed by atoms with Crippen LogP contribution in [0.4, 0.5) is 5.82 Å². The van der Waals surface area contributed by atoms with Crippen LogP contribution in [0.2, 0.25) is 0 Å². The Morgan fingerprint density at radius 3 is 2.85 bits per heavy atom. The first kappa shape index (κ1) is 16.4. The zero-order valence-corrected chi connectivity index (χ0v) is 14.5. The Morgan fingerprint density at radius 2 is 2.04 bits per heavy atom. The Morgan fingerprint density at radius 1 is 1.19 bits per heavy atom. The summed E-state index contributed by atoms with van der Waals surface area (Å²) in [5.74, 6) is 1.22. The van der Waals surface area contributed by atoms with Crippen LogP contribution in [0.3, 0.4) is 0 Å². The fourth-order valence-electron chi connectivity index (χ4n) is 3.69. The van der Waals surface area contributed by atoms with Crippen molar-refractivity contribution in [2.75, 3.05) is 31.1 Å². The summed E-state index contributed by atoms with van der Waals surface area (Å²) >= 11 is 0. The van der Waals surface area contributed by atoms with Gasteiger partial charge in [-0.05, 0) is 35.4 Å². The van der Waals surface area contributed by atoms with Crippen molar-refractivity contribution in [3.05, 3.63) is 29.7 Å². The Hall–Kier alpha value is -3.02. The van der Waals surface area contributed by atoms with Gasteiger partial charge >= 0.3 is 0 Å². The van der Waals surface area contributed by atoms with Crippen LogP contribution in [0.5, 0.6) is 0 Å². The van der Waals surface area contributed by atoms with E-state index in [1.165, 1.54) is 0 Å². The fourth-order valence-corrected chi connectivity index (χ4v) is 3.69. The van der Waals surface area contributed by atoms with Crippen LogP contribution in [0.25, 0.3) is 0 Å². The molecule has 2 aromatic heterocycles. The summed E-state index contributed by atoms with van der Waals surface area (Å²) in [6.45, 7) is 3.32. The Labute approximate surface area is 151 Å². The molecule has 0 unspecified atom stereocenters. The molecule has 0 saturated carbocycles. The van der Waals surface area contributed by atoms with Crippen molar-refractivity contribution in [3.63, 3.8) is 0 Å². The zero-order valence-electron chi connectivity index (χ0n) is 14.5. The molecular formula is C17H20N8O. The van der Waals surface area contributed by atoms with Crippen LogP contribution in [0, 0.1) is 11.3 Å². The van der Waals surface area contributed by atoms with Crippen LogP contribution in [0.1, 0.15) is 36.6 Å². The van der Waals surface area contributed by atoms with Gasteiger partial charge in [0, 0.05) is 38.9 Å². The molecule has 9 heteroatoms. The number of hydrogen-bond acceptors (Lipinski definition) is 7. The number of nitriles is 1. The summed E-state index contributed by atoms with van der Waals surface area (Å²) < 4.78 is 1.76. The zero-order chi connectivity index (χ0) is 17.9. The molecule has 4 rings (SSSR count). The minimum absolute atomic E-state index is 0.101. The molecule has 2 aliphatic rings. The first-order valence-electron chi connectivity index (χ1n) is 8.93. The molecule has 0 spiro atoms. The van der Waals surface area contributed by atoms with Crippen molar-refractivity contribution in [2.24, 2.45) is 0 Å². The van der Waals surface area contributed by atoms with Gasteiger partial charge in [-0.3, -0.25) is 4.79 Å². The lowest BCUT2D eigenvalue weighted by atomic mass is 10.0. The van der Waals surface area contributed by atoms with Gasteiger partial charge in [-0.15, -0.1) is 5.10 Å². The van der Waals surface area contributed by atoms with E-state index < -0.39 is 0 Å². The standard InChI is InChI=1S/C17H20N8O/c18-12-13-4-3-6-19-15(13)23-8-10-24(11-9-23)17(26)14-5-1-2-7-25-16(14)20-21-22-25/h3-4,6,14H,1-2,5,7-11H2/t14-/m0/s1. The van der Waals surface area contributed by atoms with Gasteiger partial charge < -0.3 is 9.80 Å². The highest BCUT2D eigenvalue weighted by Crippen LogP contribution is 2.27. The second kappa shape index (κ2) is 7.07. The van der Waals surface area contributed by atoms with E-state index in [9.17, 15) is 10.1 Å². The normalized spacial score (nSPS) is 20.2. The number of carbonyl (C=O) groups is 1. The molecule has 134 valence electrons. The predicted molar refractivity (Wildman–Crippen MR) is 92.2 cm³/mol. The van der Waals surface area contributed by atoms with E-state index in [0.29, 0.717) is 43.4 Å². The van der Waals surface area contributed by atoms with Crippen LogP contribution >= 0.6 is 0 Å². The lowest BCUT2D eigenvalue weighted by Gasteiger charge is -2.36. The van der Waals surface area contributed by atoms with Gasteiger partial charge in [0.25, 0.3) is 0 Å². The van der Waals surface area contributed by atoms with Gasteiger partial charge in [0.15, 0.2) is 5.82 Å². The maximum absolute atomic E-state index is 13.1. The van der Waals surface area contributed by atoms with Crippen molar-refractivity contribution in [2.45, 2.75) is 31.7 Å². The summed E-state index contributed by atoms with van der Waals surface area (Å²) in [5.41, 5.74) is 0.565.